The molecule has 4 nitrogen and oxygen atoms in total. The molecule has 0 bridgehead atoms. The number of halogens is 1. The van der Waals surface area contributed by atoms with Gasteiger partial charge in [0.25, 0.3) is 5.69 Å². The molecule has 0 saturated carbocycles. The summed E-state index contributed by atoms with van der Waals surface area (Å²) >= 11 is 3.06. The van der Waals surface area contributed by atoms with Crippen molar-refractivity contribution >= 4 is 27.2 Å². The lowest BCUT2D eigenvalue weighted by Gasteiger charge is -2.04. The molecular weight excluding hydrogens is 250 g/mol. The van der Waals surface area contributed by atoms with Gasteiger partial charge in [-0.15, -0.1) is 0 Å². The number of rotatable bonds is 2. The van der Waals surface area contributed by atoms with E-state index in [1.807, 2.05) is 0 Å². The molecule has 14 heavy (non-hydrogen) atoms. The molecule has 74 valence electrons. The fraction of sp³-hybridized carbons (Fsp3) is 0.111. The highest BCUT2D eigenvalue weighted by Gasteiger charge is 2.16. The molecule has 0 radical (unpaired) electrons. The van der Waals surface area contributed by atoms with E-state index in [1.54, 1.807) is 6.92 Å². The Bertz CT molecular complexity index is 375. The van der Waals surface area contributed by atoms with Crippen molar-refractivity contribution in [2.24, 2.45) is 0 Å². The molecule has 1 aromatic rings. The van der Waals surface area contributed by atoms with E-state index in [2.05, 4.69) is 22.5 Å². The second-order valence-electron chi connectivity index (χ2n) is 2.86. The van der Waals surface area contributed by atoms with E-state index < -0.39 is 4.92 Å². The Morgan fingerprint density at radius 1 is 1.64 bits per heavy atom. The maximum Gasteiger partial charge on any atom is 0.287 e. The van der Waals surface area contributed by atoms with Gasteiger partial charge in [-0.3, -0.25) is 10.1 Å². The number of hydrogen-bond acceptors (Lipinski definition) is 3. The van der Waals surface area contributed by atoms with Crippen LogP contribution in [0.2, 0.25) is 0 Å². The Morgan fingerprint density at radius 3 is 2.64 bits per heavy atom. The zero-order valence-corrected chi connectivity index (χ0v) is 9.04. The van der Waals surface area contributed by atoms with Crippen LogP contribution in [-0.2, 0) is 0 Å². The van der Waals surface area contributed by atoms with Crippen molar-refractivity contribution < 1.29 is 10.0 Å². The molecule has 1 N–H and O–H groups in total. The Labute approximate surface area is 89.2 Å². The van der Waals surface area contributed by atoms with Gasteiger partial charge < -0.3 is 5.11 Å². The first-order valence-electron chi connectivity index (χ1n) is 3.76. The summed E-state index contributed by atoms with van der Waals surface area (Å²) in [6.07, 6.45) is 0. The predicted octanol–water partition coefficient (Wildman–Crippen LogP) is 3.10. The summed E-state index contributed by atoms with van der Waals surface area (Å²) in [6.45, 7) is 5.37. The van der Waals surface area contributed by atoms with Gasteiger partial charge in [-0.05, 0) is 34.5 Å². The number of nitro groups is 1. The third-order valence-electron chi connectivity index (χ3n) is 1.72. The number of nitrogens with zero attached hydrogens (tertiary/aromatic N) is 1. The third kappa shape index (κ3) is 1.93. The van der Waals surface area contributed by atoms with Crippen LogP contribution in [0.3, 0.4) is 0 Å². The van der Waals surface area contributed by atoms with Crippen molar-refractivity contribution in [1.29, 1.82) is 0 Å². The Kier molecular flexibility index (Phi) is 2.90. The minimum atomic E-state index is -0.563. The van der Waals surface area contributed by atoms with Gasteiger partial charge in [-0.1, -0.05) is 6.58 Å². The topological polar surface area (TPSA) is 63.4 Å². The van der Waals surface area contributed by atoms with Crippen molar-refractivity contribution in [1.82, 2.24) is 0 Å². The molecule has 0 aliphatic heterocycles. The molecule has 0 atom stereocenters. The molecule has 0 saturated heterocycles. The van der Waals surface area contributed by atoms with Crippen molar-refractivity contribution in [2.45, 2.75) is 6.92 Å². The largest absolute Gasteiger partial charge is 0.507 e. The molecule has 1 rings (SSSR count). The summed E-state index contributed by atoms with van der Waals surface area (Å²) in [7, 11) is 0. The quantitative estimate of drug-likeness (QED) is 0.654. The first-order chi connectivity index (χ1) is 6.43. The van der Waals surface area contributed by atoms with Gasteiger partial charge >= 0.3 is 0 Å². The van der Waals surface area contributed by atoms with E-state index in [0.29, 0.717) is 15.6 Å². The maximum atomic E-state index is 10.5. The van der Waals surface area contributed by atoms with Crippen LogP contribution in [0.15, 0.2) is 23.2 Å². The number of phenolic OH excluding ortho intramolecular Hbond substituents is 1. The van der Waals surface area contributed by atoms with Gasteiger partial charge in [-0.25, -0.2) is 0 Å². The molecule has 0 amide bonds. The highest BCUT2D eigenvalue weighted by molar-refractivity contribution is 9.10. The van der Waals surface area contributed by atoms with Gasteiger partial charge in [0.1, 0.15) is 5.75 Å². The minimum absolute atomic E-state index is 0.132. The fourth-order valence-corrected chi connectivity index (χ4v) is 1.52. The number of allylic oxidation sites excluding steroid dienone is 1. The molecule has 0 unspecified atom stereocenters. The first-order valence-corrected chi connectivity index (χ1v) is 4.55. The average Bonchev–Trinajstić information content (AvgIpc) is 2.07. The molecule has 1 aromatic carbocycles. The summed E-state index contributed by atoms with van der Waals surface area (Å²) in [5.74, 6) is -0.132. The summed E-state index contributed by atoms with van der Waals surface area (Å²) < 4.78 is 0.332. The monoisotopic (exact) mass is 257 g/mol. The average molecular weight is 258 g/mol. The van der Waals surface area contributed by atoms with Crippen molar-refractivity contribution in [3.63, 3.8) is 0 Å². The van der Waals surface area contributed by atoms with Crippen molar-refractivity contribution in [3.05, 3.63) is 38.9 Å². The Hall–Kier alpha value is -1.36. The van der Waals surface area contributed by atoms with E-state index in [-0.39, 0.29) is 11.4 Å². The van der Waals surface area contributed by atoms with Gasteiger partial charge in [0.15, 0.2) is 0 Å². The highest BCUT2D eigenvalue weighted by atomic mass is 79.9. The molecule has 0 aromatic heterocycles. The van der Waals surface area contributed by atoms with Gasteiger partial charge in [0, 0.05) is 5.56 Å². The molecule has 0 spiro atoms. The second-order valence-corrected chi connectivity index (χ2v) is 3.71. The zero-order valence-electron chi connectivity index (χ0n) is 7.45. The van der Waals surface area contributed by atoms with Crippen LogP contribution in [0.25, 0.3) is 5.57 Å². The zero-order chi connectivity index (χ0) is 10.9. The number of hydrogen-bond donors (Lipinski definition) is 1. The molecule has 0 aliphatic rings. The van der Waals surface area contributed by atoms with Crippen molar-refractivity contribution in [3.8, 4) is 5.75 Å². The summed E-state index contributed by atoms with van der Waals surface area (Å²) in [6, 6.07) is 2.59. The van der Waals surface area contributed by atoms with Crippen LogP contribution in [0.4, 0.5) is 5.69 Å². The molecule has 0 aliphatic carbocycles. The smallest absolute Gasteiger partial charge is 0.287 e. The Balaban J connectivity index is 3.38. The lowest BCUT2D eigenvalue weighted by Crippen LogP contribution is -1.91. The lowest BCUT2D eigenvalue weighted by molar-refractivity contribution is -0.385. The van der Waals surface area contributed by atoms with Crippen LogP contribution in [-0.4, -0.2) is 10.0 Å². The molecule has 0 fully saturated rings. The van der Waals surface area contributed by atoms with Crippen LogP contribution >= 0.6 is 15.9 Å². The van der Waals surface area contributed by atoms with E-state index in [1.165, 1.54) is 6.07 Å². The standard InChI is InChI=1S/C9H8BrNO3/c1-5(2)6-3-7(10)8(11(13)14)4-9(6)12/h3-4,12H,1H2,2H3. The first kappa shape index (κ1) is 10.7. The Morgan fingerprint density at radius 2 is 2.21 bits per heavy atom. The second kappa shape index (κ2) is 3.79. The van der Waals surface area contributed by atoms with Crippen LogP contribution < -0.4 is 0 Å². The predicted molar refractivity (Wildman–Crippen MR) is 57.2 cm³/mol. The minimum Gasteiger partial charge on any atom is -0.507 e. The van der Waals surface area contributed by atoms with E-state index in [0.717, 1.165) is 6.07 Å². The molecule has 5 heteroatoms. The normalized spacial score (nSPS) is 9.86. The van der Waals surface area contributed by atoms with E-state index in [9.17, 15) is 15.2 Å². The van der Waals surface area contributed by atoms with E-state index >= 15 is 0 Å². The van der Waals surface area contributed by atoms with Gasteiger partial charge in [0.05, 0.1) is 15.5 Å². The van der Waals surface area contributed by atoms with Crippen LogP contribution in [0, 0.1) is 10.1 Å². The maximum absolute atomic E-state index is 10.5. The highest BCUT2D eigenvalue weighted by Crippen LogP contribution is 2.34. The molecule has 0 heterocycles. The summed E-state index contributed by atoms with van der Waals surface area (Å²) in [4.78, 5) is 9.93. The number of benzene rings is 1. The number of aromatic hydroxyl groups is 1. The van der Waals surface area contributed by atoms with Crippen LogP contribution in [0.1, 0.15) is 12.5 Å². The SMILES string of the molecule is C=C(C)c1cc(Br)c([N+](=O)[O-])cc1O. The fourth-order valence-electron chi connectivity index (χ4n) is 1.03. The van der Waals surface area contributed by atoms with E-state index in [4.69, 9.17) is 0 Å². The van der Waals surface area contributed by atoms with Gasteiger partial charge in [0.2, 0.25) is 0 Å². The van der Waals surface area contributed by atoms with Crippen molar-refractivity contribution in [2.75, 3.05) is 0 Å². The van der Waals surface area contributed by atoms with Gasteiger partial charge in [-0.2, -0.15) is 0 Å². The third-order valence-corrected chi connectivity index (χ3v) is 2.36. The summed E-state index contributed by atoms with van der Waals surface area (Å²) in [5.41, 5.74) is 0.994. The summed E-state index contributed by atoms with van der Waals surface area (Å²) in [5, 5.41) is 19.9. The van der Waals surface area contributed by atoms with Crippen LogP contribution in [0.5, 0.6) is 5.75 Å². The number of phenols is 1. The lowest BCUT2D eigenvalue weighted by atomic mass is 10.1. The molecular formula is C9H8BrNO3. The number of nitro benzene ring substituents is 1.